The molecule has 1 aliphatic rings. The number of anilines is 1. The zero-order valence-corrected chi connectivity index (χ0v) is 10.8. The number of aliphatic hydroxyl groups is 1. The quantitative estimate of drug-likeness (QED) is 0.646. The number of nitrogens with zero attached hydrogens (tertiary/aromatic N) is 1. The second-order valence-electron chi connectivity index (χ2n) is 4.43. The van der Waals surface area contributed by atoms with Crippen molar-refractivity contribution in [2.75, 3.05) is 25.4 Å². The second kappa shape index (κ2) is 4.80. The summed E-state index contributed by atoms with van der Waals surface area (Å²) in [5.41, 5.74) is 5.40. The van der Waals surface area contributed by atoms with Crippen LogP contribution in [0.4, 0.5) is 5.69 Å². The van der Waals surface area contributed by atoms with E-state index in [0.717, 1.165) is 10.4 Å². The Bertz CT molecular complexity index is 608. The predicted octanol–water partition coefficient (Wildman–Crippen LogP) is -0.420. The summed E-state index contributed by atoms with van der Waals surface area (Å²) < 4.78 is 25.7. The molecule has 0 radical (unpaired) electrons. The van der Waals surface area contributed by atoms with Crippen molar-refractivity contribution < 1.29 is 23.4 Å². The van der Waals surface area contributed by atoms with Crippen LogP contribution < -0.4 is 5.73 Å². The van der Waals surface area contributed by atoms with Crippen molar-refractivity contribution in [1.82, 2.24) is 4.31 Å². The molecule has 0 spiro atoms. The third kappa shape index (κ3) is 2.42. The predicted molar refractivity (Wildman–Crippen MR) is 67.1 cm³/mol. The van der Waals surface area contributed by atoms with E-state index in [4.69, 9.17) is 15.9 Å². The first-order valence-corrected chi connectivity index (χ1v) is 7.04. The lowest BCUT2D eigenvalue weighted by Crippen LogP contribution is -2.51. The lowest BCUT2D eigenvalue weighted by atomic mass is 10.1. The van der Waals surface area contributed by atoms with Crippen molar-refractivity contribution in [3.8, 4) is 0 Å². The number of aliphatic hydroxyl groups excluding tert-OH is 1. The van der Waals surface area contributed by atoms with E-state index in [0.29, 0.717) is 0 Å². The highest BCUT2D eigenvalue weighted by Gasteiger charge is 2.38. The molecule has 0 amide bonds. The summed E-state index contributed by atoms with van der Waals surface area (Å²) in [6.45, 7) is 0.286. The van der Waals surface area contributed by atoms with Gasteiger partial charge >= 0.3 is 5.97 Å². The van der Waals surface area contributed by atoms with Crippen LogP contribution >= 0.6 is 0 Å². The highest BCUT2D eigenvalue weighted by molar-refractivity contribution is 7.89. The highest BCUT2D eigenvalue weighted by atomic mass is 32.2. The Labute approximate surface area is 110 Å². The third-order valence-corrected chi connectivity index (χ3v) is 4.91. The van der Waals surface area contributed by atoms with Gasteiger partial charge in [0.25, 0.3) is 0 Å². The molecule has 8 heteroatoms. The zero-order chi connectivity index (χ0) is 14.2. The van der Waals surface area contributed by atoms with Gasteiger partial charge in [0.15, 0.2) is 0 Å². The van der Waals surface area contributed by atoms with Gasteiger partial charge in [-0.3, -0.25) is 0 Å². The Morgan fingerprint density at radius 1 is 1.42 bits per heavy atom. The summed E-state index contributed by atoms with van der Waals surface area (Å²) in [7, 11) is -3.88. The van der Waals surface area contributed by atoms with Gasteiger partial charge in [0, 0.05) is 31.3 Å². The van der Waals surface area contributed by atoms with Gasteiger partial charge in [0.05, 0.1) is 10.5 Å². The monoisotopic (exact) mass is 286 g/mol. The van der Waals surface area contributed by atoms with Crippen LogP contribution in [0.3, 0.4) is 0 Å². The lowest BCUT2D eigenvalue weighted by molar-refractivity contribution is 0.0691. The average Bonchev–Trinajstić information content (AvgIpc) is 2.26. The molecule has 0 aromatic heterocycles. The van der Waals surface area contributed by atoms with Gasteiger partial charge in [-0.25, -0.2) is 13.2 Å². The number of nitrogen functional groups attached to an aromatic ring is 1. The number of carboxylic acid groups (broad SMARTS) is 1. The first-order chi connectivity index (χ1) is 8.86. The summed E-state index contributed by atoms with van der Waals surface area (Å²) in [6, 6.07) is 3.66. The molecule has 0 saturated carbocycles. The molecule has 0 aliphatic carbocycles. The van der Waals surface area contributed by atoms with Crippen molar-refractivity contribution in [3.63, 3.8) is 0 Å². The zero-order valence-electron chi connectivity index (χ0n) is 9.98. The van der Waals surface area contributed by atoms with Crippen LogP contribution in [-0.2, 0) is 10.0 Å². The Morgan fingerprint density at radius 3 is 2.58 bits per heavy atom. The van der Waals surface area contributed by atoms with E-state index in [1.807, 2.05) is 0 Å². The Kier molecular flexibility index (Phi) is 3.48. The Balaban J connectivity index is 2.41. The normalized spacial score (nSPS) is 17.1. The number of carboxylic acids is 1. The largest absolute Gasteiger partial charge is 0.478 e. The van der Waals surface area contributed by atoms with E-state index in [1.54, 1.807) is 0 Å². The lowest BCUT2D eigenvalue weighted by Gasteiger charge is -2.37. The fraction of sp³-hybridized carbons (Fsp3) is 0.364. The molecule has 0 atom stereocenters. The summed E-state index contributed by atoms with van der Waals surface area (Å²) >= 11 is 0. The van der Waals surface area contributed by atoms with E-state index in [1.165, 1.54) is 12.1 Å². The standard InChI is InChI=1S/C11H14N2O5S/c12-8-1-2-9(11(15)16)10(3-8)19(17,18)13-4-7(5-13)6-14/h1-3,7,14H,4-6,12H2,(H,15,16). The molecular formula is C11H14N2O5S. The van der Waals surface area contributed by atoms with E-state index >= 15 is 0 Å². The molecule has 104 valence electrons. The average molecular weight is 286 g/mol. The minimum Gasteiger partial charge on any atom is -0.478 e. The van der Waals surface area contributed by atoms with Crippen LogP contribution in [0.5, 0.6) is 0 Å². The van der Waals surface area contributed by atoms with E-state index in [2.05, 4.69) is 0 Å². The molecule has 0 unspecified atom stereocenters. The molecule has 19 heavy (non-hydrogen) atoms. The van der Waals surface area contributed by atoms with Crippen LogP contribution in [0.15, 0.2) is 23.1 Å². The molecule has 0 bridgehead atoms. The molecule has 1 aromatic carbocycles. The molecule has 1 aliphatic heterocycles. The number of carbonyl (C=O) groups is 1. The number of nitrogens with two attached hydrogens (primary N) is 1. The second-order valence-corrected chi connectivity index (χ2v) is 6.34. The molecular weight excluding hydrogens is 272 g/mol. The topological polar surface area (TPSA) is 121 Å². The van der Waals surface area contributed by atoms with Gasteiger partial charge in [0.2, 0.25) is 10.0 Å². The van der Waals surface area contributed by atoms with E-state index < -0.39 is 16.0 Å². The van der Waals surface area contributed by atoms with Crippen LogP contribution in [0, 0.1) is 5.92 Å². The van der Waals surface area contributed by atoms with Crippen LogP contribution in [-0.4, -0.2) is 48.6 Å². The first-order valence-electron chi connectivity index (χ1n) is 5.60. The van der Waals surface area contributed by atoms with Crippen LogP contribution in [0.2, 0.25) is 0 Å². The molecule has 1 fully saturated rings. The van der Waals surface area contributed by atoms with Gasteiger partial charge in [-0.2, -0.15) is 4.31 Å². The maximum absolute atomic E-state index is 12.3. The smallest absolute Gasteiger partial charge is 0.337 e. The molecule has 7 nitrogen and oxygen atoms in total. The first kappa shape index (κ1) is 13.8. The van der Waals surface area contributed by atoms with Crippen molar-refractivity contribution in [1.29, 1.82) is 0 Å². The highest BCUT2D eigenvalue weighted by Crippen LogP contribution is 2.28. The van der Waals surface area contributed by atoms with Crippen LogP contribution in [0.1, 0.15) is 10.4 Å². The molecule has 1 saturated heterocycles. The number of rotatable bonds is 4. The fourth-order valence-corrected chi connectivity index (χ4v) is 3.71. The molecule has 4 N–H and O–H groups in total. The summed E-state index contributed by atoms with van der Waals surface area (Å²) in [6.07, 6.45) is 0. The van der Waals surface area contributed by atoms with Crippen molar-refractivity contribution in [2.24, 2.45) is 5.92 Å². The SMILES string of the molecule is Nc1ccc(C(=O)O)c(S(=O)(=O)N2CC(CO)C2)c1. The summed E-state index contributed by atoms with van der Waals surface area (Å²) in [4.78, 5) is 10.8. The molecule has 2 rings (SSSR count). The fourth-order valence-electron chi connectivity index (χ4n) is 1.90. The number of aromatic carboxylic acids is 1. The maximum atomic E-state index is 12.3. The van der Waals surface area contributed by atoms with Crippen molar-refractivity contribution in [3.05, 3.63) is 23.8 Å². The Hall–Kier alpha value is -1.64. The summed E-state index contributed by atoms with van der Waals surface area (Å²) in [5, 5.41) is 17.9. The number of hydrogen-bond acceptors (Lipinski definition) is 5. The van der Waals surface area contributed by atoms with Gasteiger partial charge in [-0.1, -0.05) is 0 Å². The van der Waals surface area contributed by atoms with E-state index in [-0.39, 0.29) is 41.8 Å². The van der Waals surface area contributed by atoms with Gasteiger partial charge in [-0.15, -0.1) is 0 Å². The van der Waals surface area contributed by atoms with E-state index in [9.17, 15) is 13.2 Å². The molecule has 1 aromatic rings. The van der Waals surface area contributed by atoms with Gasteiger partial charge < -0.3 is 15.9 Å². The van der Waals surface area contributed by atoms with Crippen molar-refractivity contribution in [2.45, 2.75) is 4.90 Å². The maximum Gasteiger partial charge on any atom is 0.337 e. The van der Waals surface area contributed by atoms with Gasteiger partial charge in [0.1, 0.15) is 0 Å². The van der Waals surface area contributed by atoms with Gasteiger partial charge in [-0.05, 0) is 18.2 Å². The Morgan fingerprint density at radius 2 is 2.05 bits per heavy atom. The number of sulfonamides is 1. The number of benzene rings is 1. The molecule has 1 heterocycles. The number of hydrogen-bond donors (Lipinski definition) is 3. The minimum atomic E-state index is -3.88. The van der Waals surface area contributed by atoms with Crippen molar-refractivity contribution >= 4 is 21.7 Å². The minimum absolute atomic E-state index is 0.0886. The summed E-state index contributed by atoms with van der Waals surface area (Å²) in [5.74, 6) is -1.41. The van der Waals surface area contributed by atoms with Crippen LogP contribution in [0.25, 0.3) is 0 Å². The third-order valence-electron chi connectivity index (χ3n) is 3.04.